The molecule has 3 aromatic heterocycles. The van der Waals surface area contributed by atoms with Crippen LogP contribution in [-0.4, -0.2) is 29.5 Å². The second-order valence-corrected chi connectivity index (χ2v) is 15.4. The zero-order valence-corrected chi connectivity index (χ0v) is 29.9. The maximum absolute atomic E-state index is 14.1. The molecule has 3 aromatic carbocycles. The normalized spacial score (nSPS) is 13.1. The lowest BCUT2D eigenvalue weighted by atomic mass is 9.99. The Balaban J connectivity index is 1.23. The van der Waals surface area contributed by atoms with Crippen LogP contribution in [0.4, 0.5) is 17.1 Å². The average molecular weight is 701 g/mol. The van der Waals surface area contributed by atoms with Gasteiger partial charge in [0.1, 0.15) is 0 Å². The SMILES string of the molecule is CCCCC(CC)CN1C(=O)c2c(-c3ccc(C=O)s3)sc(-c3ccc(-c4ccc(N(c5ccccc5)c5ccccc5)cc4)s3)c2C1=O. The number of carbonyl (C=O) groups excluding carboxylic acids is 3. The van der Waals surface area contributed by atoms with Crippen LogP contribution in [0.3, 0.4) is 0 Å². The van der Waals surface area contributed by atoms with Crippen LogP contribution in [0.5, 0.6) is 0 Å². The van der Waals surface area contributed by atoms with E-state index < -0.39 is 0 Å². The molecule has 5 nitrogen and oxygen atoms in total. The third kappa shape index (κ3) is 6.44. The monoisotopic (exact) mass is 700 g/mol. The van der Waals surface area contributed by atoms with Crippen LogP contribution < -0.4 is 4.90 Å². The molecule has 1 unspecified atom stereocenters. The average Bonchev–Trinajstić information content (AvgIpc) is 3.94. The zero-order valence-electron chi connectivity index (χ0n) is 27.4. The van der Waals surface area contributed by atoms with Crippen molar-refractivity contribution >= 4 is 69.2 Å². The summed E-state index contributed by atoms with van der Waals surface area (Å²) in [5.41, 5.74) is 5.28. The van der Waals surface area contributed by atoms with Gasteiger partial charge in [0, 0.05) is 38.2 Å². The second kappa shape index (κ2) is 14.5. The fourth-order valence-electron chi connectivity index (χ4n) is 6.42. The summed E-state index contributed by atoms with van der Waals surface area (Å²) < 4.78 is 0. The highest BCUT2D eigenvalue weighted by Gasteiger charge is 2.43. The van der Waals surface area contributed by atoms with Gasteiger partial charge in [-0.1, -0.05) is 81.6 Å². The number of hydrogen-bond donors (Lipinski definition) is 0. The highest BCUT2D eigenvalue weighted by atomic mass is 32.1. The molecule has 0 bridgehead atoms. The highest BCUT2D eigenvalue weighted by Crippen LogP contribution is 2.50. The molecule has 1 atom stereocenters. The van der Waals surface area contributed by atoms with E-state index in [1.807, 2.05) is 42.5 Å². The topological polar surface area (TPSA) is 57.7 Å². The molecule has 0 saturated heterocycles. The molecule has 2 amide bonds. The first-order valence-corrected chi connectivity index (χ1v) is 19.1. The number of para-hydroxylation sites is 2. The lowest BCUT2D eigenvalue weighted by molar-refractivity contribution is 0.0624. The molecule has 0 aliphatic carbocycles. The molecule has 0 N–H and O–H groups in total. The largest absolute Gasteiger partial charge is 0.311 e. The molecule has 1 aliphatic heterocycles. The summed E-state index contributed by atoms with van der Waals surface area (Å²) in [6.07, 6.45) is 4.90. The zero-order chi connectivity index (χ0) is 33.9. The number of benzene rings is 3. The number of carbonyl (C=O) groups is 3. The number of nitrogens with zero attached hydrogens (tertiary/aromatic N) is 2. The standard InChI is InChI=1S/C41H36N2O3S3/c1-3-5-12-27(4-2)25-42-40(45)36-37(41(42)46)39(49-38(36)34-22-21-32(26-44)47-34)35-24-23-33(48-35)28-17-19-31(20-18-28)43(29-13-8-6-9-14-29)30-15-10-7-11-16-30/h6-11,13-24,26-27H,3-5,12,25H2,1-2H3. The summed E-state index contributed by atoms with van der Waals surface area (Å²) in [5, 5.41) is 0. The van der Waals surface area contributed by atoms with Gasteiger partial charge < -0.3 is 4.90 Å². The number of thiophene rings is 3. The Kier molecular flexibility index (Phi) is 9.71. The molecule has 49 heavy (non-hydrogen) atoms. The van der Waals surface area contributed by atoms with Crippen LogP contribution >= 0.6 is 34.0 Å². The van der Waals surface area contributed by atoms with E-state index in [-0.39, 0.29) is 17.7 Å². The molecule has 8 heteroatoms. The van der Waals surface area contributed by atoms with E-state index in [0.717, 1.165) is 79.0 Å². The predicted molar refractivity (Wildman–Crippen MR) is 205 cm³/mol. The number of anilines is 3. The Bertz CT molecular complexity index is 2060. The number of aldehydes is 1. The lowest BCUT2D eigenvalue weighted by Crippen LogP contribution is -2.34. The highest BCUT2D eigenvalue weighted by molar-refractivity contribution is 7.28. The van der Waals surface area contributed by atoms with Gasteiger partial charge in [0.15, 0.2) is 6.29 Å². The summed E-state index contributed by atoms with van der Waals surface area (Å²) in [4.78, 5) is 48.4. The van der Waals surface area contributed by atoms with Crippen molar-refractivity contribution in [2.24, 2.45) is 5.92 Å². The Morgan fingerprint density at radius 3 is 1.76 bits per heavy atom. The molecule has 0 spiro atoms. The van der Waals surface area contributed by atoms with Crippen molar-refractivity contribution in [2.45, 2.75) is 39.5 Å². The summed E-state index contributed by atoms with van der Waals surface area (Å²) in [6.45, 7) is 4.73. The van der Waals surface area contributed by atoms with Crippen molar-refractivity contribution in [3.05, 3.63) is 125 Å². The van der Waals surface area contributed by atoms with Crippen molar-refractivity contribution in [1.82, 2.24) is 4.90 Å². The summed E-state index contributed by atoms with van der Waals surface area (Å²) in [7, 11) is 0. The van der Waals surface area contributed by atoms with Gasteiger partial charge in [0.05, 0.1) is 25.8 Å². The van der Waals surface area contributed by atoms with Gasteiger partial charge in [-0.2, -0.15) is 0 Å². The maximum Gasteiger partial charge on any atom is 0.263 e. The van der Waals surface area contributed by atoms with E-state index in [0.29, 0.717) is 22.5 Å². The molecule has 0 fully saturated rings. The van der Waals surface area contributed by atoms with Crippen LogP contribution in [-0.2, 0) is 0 Å². The number of rotatable bonds is 13. The third-order valence-corrected chi connectivity index (χ3v) is 12.7. The first-order valence-electron chi connectivity index (χ1n) is 16.7. The molecule has 246 valence electrons. The van der Waals surface area contributed by atoms with Crippen LogP contribution in [0, 0.1) is 5.92 Å². The van der Waals surface area contributed by atoms with E-state index in [1.165, 1.54) is 27.6 Å². The van der Waals surface area contributed by atoms with Crippen LogP contribution in [0.1, 0.15) is 69.9 Å². The predicted octanol–water partition coefficient (Wildman–Crippen LogP) is 12.0. The van der Waals surface area contributed by atoms with Crippen molar-refractivity contribution in [3.8, 4) is 29.9 Å². The number of hydrogen-bond acceptors (Lipinski definition) is 7. The first-order chi connectivity index (χ1) is 24.0. The van der Waals surface area contributed by atoms with Crippen molar-refractivity contribution in [2.75, 3.05) is 11.4 Å². The minimum absolute atomic E-state index is 0.208. The summed E-state index contributed by atoms with van der Waals surface area (Å²) in [6, 6.07) is 37.0. The number of fused-ring (bicyclic) bond motifs is 1. The molecule has 1 aliphatic rings. The first kappa shape index (κ1) is 32.9. The quantitative estimate of drug-likeness (QED) is 0.0889. The number of amides is 2. The Morgan fingerprint density at radius 2 is 1.20 bits per heavy atom. The van der Waals surface area contributed by atoms with Crippen molar-refractivity contribution in [1.29, 1.82) is 0 Å². The second-order valence-electron chi connectivity index (χ2n) is 12.2. The Morgan fingerprint density at radius 1 is 0.653 bits per heavy atom. The van der Waals surface area contributed by atoms with Crippen LogP contribution in [0.25, 0.3) is 29.9 Å². The van der Waals surface area contributed by atoms with Crippen molar-refractivity contribution in [3.63, 3.8) is 0 Å². The molecule has 0 radical (unpaired) electrons. The van der Waals surface area contributed by atoms with Gasteiger partial charge in [-0.3, -0.25) is 19.3 Å². The van der Waals surface area contributed by atoms with Gasteiger partial charge >= 0.3 is 0 Å². The molecule has 6 aromatic rings. The molecular weight excluding hydrogens is 665 g/mol. The van der Waals surface area contributed by atoms with Gasteiger partial charge in [-0.25, -0.2) is 0 Å². The van der Waals surface area contributed by atoms with Gasteiger partial charge in [-0.15, -0.1) is 34.0 Å². The summed E-state index contributed by atoms with van der Waals surface area (Å²) >= 11 is 4.46. The van der Waals surface area contributed by atoms with Gasteiger partial charge in [0.2, 0.25) is 0 Å². The Hall–Kier alpha value is -4.63. The van der Waals surface area contributed by atoms with Gasteiger partial charge in [-0.05, 0) is 78.6 Å². The molecular formula is C41H36N2O3S3. The maximum atomic E-state index is 14.1. The van der Waals surface area contributed by atoms with E-state index in [1.54, 1.807) is 17.4 Å². The van der Waals surface area contributed by atoms with Crippen LogP contribution in [0.15, 0.2) is 109 Å². The van der Waals surface area contributed by atoms with Crippen molar-refractivity contribution < 1.29 is 14.4 Å². The molecule has 0 saturated carbocycles. The molecule has 4 heterocycles. The Labute approximate surface area is 299 Å². The van der Waals surface area contributed by atoms with Gasteiger partial charge in [0.25, 0.3) is 11.8 Å². The fourth-order valence-corrected chi connectivity index (χ4v) is 9.77. The molecule has 7 rings (SSSR count). The number of unbranched alkanes of at least 4 members (excludes halogenated alkanes) is 1. The fraction of sp³-hybridized carbons (Fsp3) is 0.195. The third-order valence-electron chi connectivity index (χ3n) is 9.05. The van der Waals surface area contributed by atoms with Crippen LogP contribution in [0.2, 0.25) is 0 Å². The van der Waals surface area contributed by atoms with E-state index in [2.05, 4.69) is 79.4 Å². The summed E-state index contributed by atoms with van der Waals surface area (Å²) in [5.74, 6) is -0.157. The van der Waals surface area contributed by atoms with E-state index in [4.69, 9.17) is 0 Å². The van der Waals surface area contributed by atoms with E-state index in [9.17, 15) is 14.4 Å². The lowest BCUT2D eigenvalue weighted by Gasteiger charge is -2.25. The minimum atomic E-state index is -0.220. The van der Waals surface area contributed by atoms with E-state index >= 15 is 0 Å². The number of imide groups is 1. The smallest absolute Gasteiger partial charge is 0.263 e. The minimum Gasteiger partial charge on any atom is -0.311 e.